The number of carboxylic acid groups (broad SMARTS) is 1. The summed E-state index contributed by atoms with van der Waals surface area (Å²) < 4.78 is 5.13. The maximum absolute atomic E-state index is 12.2. The highest BCUT2D eigenvalue weighted by Gasteiger charge is 2.35. The molecule has 1 fully saturated rings. The molecule has 5 nitrogen and oxygen atoms in total. The Morgan fingerprint density at radius 1 is 1.32 bits per heavy atom. The second kappa shape index (κ2) is 5.40. The first-order valence-electron chi connectivity index (χ1n) is 6.17. The number of hydrogen-bond acceptors (Lipinski definition) is 3. The average molecular weight is 263 g/mol. The molecule has 0 aromatic heterocycles. The van der Waals surface area contributed by atoms with E-state index in [1.54, 1.807) is 6.07 Å². The van der Waals surface area contributed by atoms with Crippen LogP contribution in [0.15, 0.2) is 18.2 Å². The van der Waals surface area contributed by atoms with Gasteiger partial charge in [-0.15, -0.1) is 0 Å². The summed E-state index contributed by atoms with van der Waals surface area (Å²) >= 11 is 0. The first kappa shape index (κ1) is 13.5. The molecule has 1 amide bonds. The Kier molecular flexibility index (Phi) is 3.85. The van der Waals surface area contributed by atoms with E-state index in [1.165, 1.54) is 0 Å². The predicted molar refractivity (Wildman–Crippen MR) is 69.1 cm³/mol. The fraction of sp³-hybridized carbons (Fsp3) is 0.429. The van der Waals surface area contributed by atoms with Crippen LogP contribution in [0.4, 0.5) is 0 Å². The Hall–Kier alpha value is -1.88. The van der Waals surface area contributed by atoms with Crippen LogP contribution in [0.1, 0.15) is 21.5 Å². The van der Waals surface area contributed by atoms with Gasteiger partial charge in [-0.25, -0.2) is 0 Å². The van der Waals surface area contributed by atoms with Gasteiger partial charge in [-0.3, -0.25) is 9.59 Å². The SMILES string of the molecule is Cc1ccc(C)c(C(=O)NC2COCC2C(=O)O)c1. The van der Waals surface area contributed by atoms with Crippen LogP contribution in [0.5, 0.6) is 0 Å². The van der Waals surface area contributed by atoms with Crippen LogP contribution in [-0.4, -0.2) is 36.2 Å². The summed E-state index contributed by atoms with van der Waals surface area (Å²) in [6.07, 6.45) is 0. The molecule has 1 aliphatic rings. The zero-order chi connectivity index (χ0) is 14.0. The zero-order valence-electron chi connectivity index (χ0n) is 11.0. The van der Waals surface area contributed by atoms with Crippen LogP contribution >= 0.6 is 0 Å². The molecule has 0 radical (unpaired) electrons. The van der Waals surface area contributed by atoms with Crippen molar-refractivity contribution >= 4 is 11.9 Å². The second-order valence-corrected chi connectivity index (χ2v) is 4.88. The van der Waals surface area contributed by atoms with E-state index >= 15 is 0 Å². The van der Waals surface area contributed by atoms with Crippen LogP contribution in [0, 0.1) is 19.8 Å². The highest BCUT2D eigenvalue weighted by atomic mass is 16.5. The molecule has 102 valence electrons. The molecule has 0 bridgehead atoms. The van der Waals surface area contributed by atoms with Gasteiger partial charge in [0.2, 0.25) is 0 Å². The number of aliphatic carboxylic acids is 1. The zero-order valence-corrected chi connectivity index (χ0v) is 11.0. The highest BCUT2D eigenvalue weighted by molar-refractivity contribution is 5.96. The van der Waals surface area contributed by atoms with Crippen molar-refractivity contribution < 1.29 is 19.4 Å². The van der Waals surface area contributed by atoms with Gasteiger partial charge in [-0.05, 0) is 25.5 Å². The van der Waals surface area contributed by atoms with Gasteiger partial charge in [0, 0.05) is 5.56 Å². The fourth-order valence-electron chi connectivity index (χ4n) is 2.17. The number of carbonyl (C=O) groups is 2. The lowest BCUT2D eigenvalue weighted by atomic mass is 10.0. The van der Waals surface area contributed by atoms with Crippen LogP contribution in [-0.2, 0) is 9.53 Å². The number of benzene rings is 1. The fourth-order valence-corrected chi connectivity index (χ4v) is 2.17. The molecule has 1 aromatic rings. The minimum Gasteiger partial charge on any atom is -0.481 e. The summed E-state index contributed by atoms with van der Waals surface area (Å²) in [7, 11) is 0. The third-order valence-electron chi connectivity index (χ3n) is 3.35. The summed E-state index contributed by atoms with van der Waals surface area (Å²) in [6, 6.07) is 5.15. The van der Waals surface area contributed by atoms with Crippen LogP contribution < -0.4 is 5.32 Å². The summed E-state index contributed by atoms with van der Waals surface area (Å²) in [6.45, 7) is 4.16. The molecular formula is C14H17NO4. The summed E-state index contributed by atoms with van der Waals surface area (Å²) in [5.74, 6) is -1.86. The number of aryl methyl sites for hydroxylation is 2. The quantitative estimate of drug-likeness (QED) is 0.857. The number of hydrogen-bond donors (Lipinski definition) is 2. The van der Waals surface area contributed by atoms with Gasteiger partial charge >= 0.3 is 5.97 Å². The maximum atomic E-state index is 12.2. The average Bonchev–Trinajstić information content (AvgIpc) is 2.80. The van der Waals surface area contributed by atoms with Gasteiger partial charge in [0.05, 0.1) is 19.3 Å². The second-order valence-electron chi connectivity index (χ2n) is 4.88. The summed E-state index contributed by atoms with van der Waals surface area (Å²) in [5, 5.41) is 11.8. The molecule has 2 unspecified atom stereocenters. The van der Waals surface area contributed by atoms with E-state index in [-0.39, 0.29) is 19.1 Å². The van der Waals surface area contributed by atoms with E-state index in [4.69, 9.17) is 9.84 Å². The standard InChI is InChI=1S/C14H17NO4/c1-8-3-4-9(2)10(5-8)13(16)15-12-7-19-6-11(12)14(17)18/h3-5,11-12H,6-7H2,1-2H3,(H,15,16)(H,17,18). The lowest BCUT2D eigenvalue weighted by Crippen LogP contribution is -2.42. The summed E-state index contributed by atoms with van der Waals surface area (Å²) in [4.78, 5) is 23.2. The largest absolute Gasteiger partial charge is 0.481 e. The van der Waals surface area contributed by atoms with Crippen LogP contribution in [0.25, 0.3) is 0 Å². The normalized spacial score (nSPS) is 22.2. The lowest BCUT2D eigenvalue weighted by Gasteiger charge is -2.16. The number of amides is 1. The molecule has 0 spiro atoms. The number of ether oxygens (including phenoxy) is 1. The molecule has 0 aliphatic carbocycles. The molecule has 0 saturated carbocycles. The predicted octanol–water partition coefficient (Wildman–Crippen LogP) is 1.13. The first-order chi connectivity index (χ1) is 8.99. The Morgan fingerprint density at radius 2 is 2.05 bits per heavy atom. The minimum absolute atomic E-state index is 0.146. The van der Waals surface area contributed by atoms with Gasteiger partial charge in [0.15, 0.2) is 0 Å². The maximum Gasteiger partial charge on any atom is 0.311 e. The van der Waals surface area contributed by atoms with Crippen LogP contribution in [0.3, 0.4) is 0 Å². The summed E-state index contributed by atoms with van der Waals surface area (Å²) in [5.41, 5.74) is 2.44. The topological polar surface area (TPSA) is 75.6 Å². The van der Waals surface area contributed by atoms with Crippen molar-refractivity contribution in [3.05, 3.63) is 34.9 Å². The van der Waals surface area contributed by atoms with Gasteiger partial charge in [0.25, 0.3) is 5.91 Å². The van der Waals surface area contributed by atoms with Crippen molar-refractivity contribution in [1.29, 1.82) is 0 Å². The molecule has 5 heteroatoms. The van der Waals surface area contributed by atoms with E-state index in [0.717, 1.165) is 11.1 Å². The monoisotopic (exact) mass is 263 g/mol. The minimum atomic E-state index is -0.941. The molecule has 1 aromatic carbocycles. The molecule has 2 N–H and O–H groups in total. The van der Waals surface area contributed by atoms with Crippen molar-refractivity contribution in [3.8, 4) is 0 Å². The van der Waals surface area contributed by atoms with Crippen molar-refractivity contribution in [1.82, 2.24) is 5.32 Å². The number of carbonyl (C=O) groups excluding carboxylic acids is 1. The van der Waals surface area contributed by atoms with E-state index in [2.05, 4.69) is 5.32 Å². The van der Waals surface area contributed by atoms with E-state index in [9.17, 15) is 9.59 Å². The van der Waals surface area contributed by atoms with E-state index in [0.29, 0.717) is 5.56 Å². The van der Waals surface area contributed by atoms with Crippen LogP contribution in [0.2, 0.25) is 0 Å². The highest BCUT2D eigenvalue weighted by Crippen LogP contribution is 2.16. The number of nitrogens with one attached hydrogen (secondary N) is 1. The van der Waals surface area contributed by atoms with Gasteiger partial charge in [-0.1, -0.05) is 17.7 Å². The third-order valence-corrected chi connectivity index (χ3v) is 3.35. The Morgan fingerprint density at radius 3 is 2.74 bits per heavy atom. The third kappa shape index (κ3) is 2.93. The molecule has 1 saturated heterocycles. The molecule has 1 heterocycles. The van der Waals surface area contributed by atoms with E-state index in [1.807, 2.05) is 26.0 Å². The molecule has 19 heavy (non-hydrogen) atoms. The smallest absolute Gasteiger partial charge is 0.311 e. The lowest BCUT2D eigenvalue weighted by molar-refractivity contribution is -0.142. The van der Waals surface area contributed by atoms with Crippen molar-refractivity contribution in [2.75, 3.05) is 13.2 Å². The first-order valence-corrected chi connectivity index (χ1v) is 6.17. The Labute approximate surface area is 111 Å². The molecule has 1 aliphatic heterocycles. The van der Waals surface area contributed by atoms with Crippen molar-refractivity contribution in [3.63, 3.8) is 0 Å². The molecule has 2 atom stereocenters. The number of carboxylic acids is 1. The van der Waals surface area contributed by atoms with Crippen molar-refractivity contribution in [2.45, 2.75) is 19.9 Å². The van der Waals surface area contributed by atoms with E-state index < -0.39 is 17.9 Å². The van der Waals surface area contributed by atoms with Gasteiger partial charge in [-0.2, -0.15) is 0 Å². The number of rotatable bonds is 3. The van der Waals surface area contributed by atoms with Gasteiger partial charge in [0.1, 0.15) is 5.92 Å². The van der Waals surface area contributed by atoms with Crippen molar-refractivity contribution in [2.24, 2.45) is 5.92 Å². The Bertz CT molecular complexity index is 512. The molecule has 2 rings (SSSR count). The van der Waals surface area contributed by atoms with Gasteiger partial charge < -0.3 is 15.2 Å². The molecular weight excluding hydrogens is 246 g/mol. The Balaban J connectivity index is 2.12.